The Morgan fingerprint density at radius 2 is 1.77 bits per heavy atom. The summed E-state index contributed by atoms with van der Waals surface area (Å²) in [5.41, 5.74) is 2.56. The fourth-order valence-corrected chi connectivity index (χ4v) is 3.71. The van der Waals surface area contributed by atoms with Crippen LogP contribution in [0.3, 0.4) is 0 Å². The number of hydrogen-bond acceptors (Lipinski definition) is 5. The highest BCUT2D eigenvalue weighted by molar-refractivity contribution is 8.18. The minimum Gasteiger partial charge on any atom is -0.491 e. The average Bonchev–Trinajstić information content (AvgIpc) is 2.97. The molecule has 156 valence electrons. The molecule has 1 fully saturated rings. The Bertz CT molecular complexity index is 966. The minimum atomic E-state index is -0.469. The summed E-state index contributed by atoms with van der Waals surface area (Å²) < 4.78 is 5.60. The van der Waals surface area contributed by atoms with E-state index in [1.165, 1.54) is 0 Å². The number of aryl methyl sites for hydroxylation is 1. The number of benzene rings is 2. The maximum absolute atomic E-state index is 12.6. The van der Waals surface area contributed by atoms with Crippen molar-refractivity contribution in [2.75, 3.05) is 11.9 Å². The van der Waals surface area contributed by atoms with Crippen molar-refractivity contribution in [2.24, 2.45) is 0 Å². The van der Waals surface area contributed by atoms with Gasteiger partial charge in [0, 0.05) is 5.69 Å². The number of carbonyl (C=O) groups excluding carboxylic acids is 3. The van der Waals surface area contributed by atoms with Crippen LogP contribution in [0.2, 0.25) is 0 Å². The second-order valence-electron chi connectivity index (χ2n) is 7.10. The normalized spacial score (nSPS) is 15.2. The molecule has 1 N–H and O–H groups in total. The molecule has 0 spiro atoms. The minimum absolute atomic E-state index is 0.0723. The molecule has 1 aliphatic heterocycles. The van der Waals surface area contributed by atoms with Crippen LogP contribution < -0.4 is 10.1 Å². The summed E-state index contributed by atoms with van der Waals surface area (Å²) in [5, 5.41) is 2.26. The SMILES string of the molecule is CCc1ccc(NC(=O)CN2C(=O)S/C(=C\c3ccc(OC(C)C)cc3)C2=O)cc1. The average molecular weight is 425 g/mol. The summed E-state index contributed by atoms with van der Waals surface area (Å²) in [6.07, 6.45) is 2.62. The number of imide groups is 1. The van der Waals surface area contributed by atoms with E-state index >= 15 is 0 Å². The molecule has 1 heterocycles. The Labute approximate surface area is 180 Å². The third-order valence-corrected chi connectivity index (χ3v) is 5.28. The zero-order valence-corrected chi connectivity index (χ0v) is 18.0. The lowest BCUT2D eigenvalue weighted by molar-refractivity contribution is -0.127. The Hall–Kier alpha value is -3.06. The molecule has 0 unspecified atom stereocenters. The number of hydrogen-bond donors (Lipinski definition) is 1. The molecule has 2 aromatic rings. The molecule has 1 aliphatic rings. The smallest absolute Gasteiger partial charge is 0.294 e. The molecule has 0 saturated carbocycles. The van der Waals surface area contributed by atoms with Gasteiger partial charge in [0.2, 0.25) is 5.91 Å². The summed E-state index contributed by atoms with van der Waals surface area (Å²) in [6, 6.07) is 14.7. The lowest BCUT2D eigenvalue weighted by Gasteiger charge is -2.12. The van der Waals surface area contributed by atoms with Crippen molar-refractivity contribution in [3.63, 3.8) is 0 Å². The summed E-state index contributed by atoms with van der Waals surface area (Å²) in [4.78, 5) is 38.4. The van der Waals surface area contributed by atoms with Gasteiger partial charge in [-0.2, -0.15) is 0 Å². The molecule has 30 heavy (non-hydrogen) atoms. The fraction of sp³-hybridized carbons (Fsp3) is 0.261. The van der Waals surface area contributed by atoms with Crippen molar-refractivity contribution in [3.8, 4) is 5.75 Å². The highest BCUT2D eigenvalue weighted by Gasteiger charge is 2.36. The monoisotopic (exact) mass is 424 g/mol. The number of nitrogens with one attached hydrogen (secondary N) is 1. The third kappa shape index (κ3) is 5.51. The lowest BCUT2D eigenvalue weighted by atomic mass is 10.1. The molecule has 0 bridgehead atoms. The van der Waals surface area contributed by atoms with Crippen LogP contribution in [0, 0.1) is 0 Å². The van der Waals surface area contributed by atoms with Crippen molar-refractivity contribution in [3.05, 3.63) is 64.6 Å². The van der Waals surface area contributed by atoms with E-state index in [-0.39, 0.29) is 17.6 Å². The molecule has 3 rings (SSSR count). The first-order valence-corrected chi connectivity index (χ1v) is 10.6. The van der Waals surface area contributed by atoms with Crippen LogP contribution in [0.15, 0.2) is 53.4 Å². The first-order valence-electron chi connectivity index (χ1n) is 9.76. The molecule has 2 aromatic carbocycles. The van der Waals surface area contributed by atoms with Gasteiger partial charge in [0.05, 0.1) is 11.0 Å². The van der Waals surface area contributed by atoms with E-state index in [1.807, 2.05) is 50.2 Å². The van der Waals surface area contributed by atoms with Crippen LogP contribution in [-0.4, -0.2) is 34.6 Å². The summed E-state index contributed by atoms with van der Waals surface area (Å²) in [5.74, 6) is -0.152. The fourth-order valence-electron chi connectivity index (χ4n) is 2.87. The van der Waals surface area contributed by atoms with Crippen LogP contribution in [0.1, 0.15) is 31.9 Å². The standard InChI is InChI=1S/C23H24N2O4S/c1-4-16-5-9-18(10-6-16)24-21(26)14-25-22(27)20(30-23(25)28)13-17-7-11-19(12-8-17)29-15(2)3/h5-13,15H,4,14H2,1-3H3,(H,24,26)/b20-13-. The van der Waals surface area contributed by atoms with Crippen molar-refractivity contribution >= 4 is 40.6 Å². The number of anilines is 1. The summed E-state index contributed by atoms with van der Waals surface area (Å²) >= 11 is 0.832. The Kier molecular flexibility index (Phi) is 6.95. The first-order chi connectivity index (χ1) is 14.4. The second-order valence-corrected chi connectivity index (χ2v) is 8.10. The second kappa shape index (κ2) is 9.63. The van der Waals surface area contributed by atoms with E-state index in [9.17, 15) is 14.4 Å². The highest BCUT2D eigenvalue weighted by Crippen LogP contribution is 2.32. The Morgan fingerprint density at radius 1 is 1.10 bits per heavy atom. The highest BCUT2D eigenvalue weighted by atomic mass is 32.2. The van der Waals surface area contributed by atoms with E-state index < -0.39 is 17.1 Å². The van der Waals surface area contributed by atoms with E-state index in [0.29, 0.717) is 5.69 Å². The zero-order chi connectivity index (χ0) is 21.7. The molecular weight excluding hydrogens is 400 g/mol. The van der Waals surface area contributed by atoms with Crippen LogP contribution in [-0.2, 0) is 16.0 Å². The van der Waals surface area contributed by atoms with Gasteiger partial charge in [0.15, 0.2) is 0 Å². The topological polar surface area (TPSA) is 75.7 Å². The van der Waals surface area contributed by atoms with Gasteiger partial charge in [-0.05, 0) is 73.5 Å². The predicted molar refractivity (Wildman–Crippen MR) is 119 cm³/mol. The van der Waals surface area contributed by atoms with Gasteiger partial charge in [0.1, 0.15) is 12.3 Å². The van der Waals surface area contributed by atoms with Crippen LogP contribution in [0.5, 0.6) is 5.75 Å². The number of carbonyl (C=O) groups is 3. The van der Waals surface area contributed by atoms with E-state index in [4.69, 9.17) is 4.74 Å². The zero-order valence-electron chi connectivity index (χ0n) is 17.2. The largest absolute Gasteiger partial charge is 0.491 e. The quantitative estimate of drug-likeness (QED) is 0.652. The van der Waals surface area contributed by atoms with Gasteiger partial charge < -0.3 is 10.1 Å². The van der Waals surface area contributed by atoms with Gasteiger partial charge in [0.25, 0.3) is 11.1 Å². The molecular formula is C23H24N2O4S. The maximum Gasteiger partial charge on any atom is 0.294 e. The molecule has 0 radical (unpaired) electrons. The third-order valence-electron chi connectivity index (χ3n) is 4.37. The van der Waals surface area contributed by atoms with E-state index in [0.717, 1.165) is 40.0 Å². The number of thioether (sulfide) groups is 1. The van der Waals surface area contributed by atoms with E-state index in [2.05, 4.69) is 12.2 Å². The van der Waals surface area contributed by atoms with E-state index in [1.54, 1.807) is 18.2 Å². The van der Waals surface area contributed by atoms with Crippen LogP contribution >= 0.6 is 11.8 Å². The van der Waals surface area contributed by atoms with Crippen LogP contribution in [0.25, 0.3) is 6.08 Å². The summed E-state index contributed by atoms with van der Waals surface area (Å²) in [6.45, 7) is 5.62. The molecule has 3 amide bonds. The molecule has 0 atom stereocenters. The molecule has 1 saturated heterocycles. The van der Waals surface area contributed by atoms with Crippen LogP contribution in [0.4, 0.5) is 10.5 Å². The first kappa shape index (κ1) is 21.6. The van der Waals surface area contributed by atoms with Crippen molar-refractivity contribution in [1.82, 2.24) is 4.90 Å². The molecule has 7 heteroatoms. The maximum atomic E-state index is 12.6. The lowest BCUT2D eigenvalue weighted by Crippen LogP contribution is -2.36. The van der Waals surface area contributed by atoms with Crippen molar-refractivity contribution < 1.29 is 19.1 Å². The Balaban J connectivity index is 1.63. The number of rotatable bonds is 7. The number of nitrogens with zero attached hydrogens (tertiary/aromatic N) is 1. The number of amides is 3. The van der Waals surface area contributed by atoms with Crippen molar-refractivity contribution in [2.45, 2.75) is 33.3 Å². The van der Waals surface area contributed by atoms with Gasteiger partial charge in [-0.1, -0.05) is 31.2 Å². The molecule has 6 nitrogen and oxygen atoms in total. The predicted octanol–water partition coefficient (Wildman–Crippen LogP) is 4.71. The van der Waals surface area contributed by atoms with Gasteiger partial charge in [-0.25, -0.2) is 0 Å². The summed E-state index contributed by atoms with van der Waals surface area (Å²) in [7, 11) is 0. The van der Waals surface area contributed by atoms with Gasteiger partial charge in [-0.3, -0.25) is 19.3 Å². The Morgan fingerprint density at radius 3 is 2.37 bits per heavy atom. The molecule has 0 aromatic heterocycles. The number of ether oxygens (including phenoxy) is 1. The van der Waals surface area contributed by atoms with Gasteiger partial charge >= 0.3 is 0 Å². The van der Waals surface area contributed by atoms with Crippen molar-refractivity contribution in [1.29, 1.82) is 0 Å². The molecule has 0 aliphatic carbocycles. The van der Waals surface area contributed by atoms with Gasteiger partial charge in [-0.15, -0.1) is 0 Å².